The average molecular weight is 231 g/mol. The first-order chi connectivity index (χ1) is 5.37. The molecule has 1 heterocycles. The summed E-state index contributed by atoms with van der Waals surface area (Å²) in [7, 11) is -3.17. The van der Waals surface area contributed by atoms with Crippen LogP contribution in [0.4, 0.5) is 0 Å². The number of hydrogen-bond acceptors (Lipinski definition) is 4. The second kappa shape index (κ2) is 4.10. The third kappa shape index (κ3) is 3.07. The summed E-state index contributed by atoms with van der Waals surface area (Å²) in [5, 5.41) is 9.60. The molecule has 0 amide bonds. The molecule has 1 aliphatic heterocycles. The van der Waals surface area contributed by atoms with Gasteiger partial charge < -0.3 is 10.8 Å². The smallest absolute Gasteiger partial charge is 0.211 e. The van der Waals surface area contributed by atoms with Crippen molar-refractivity contribution in [1.82, 2.24) is 4.31 Å². The van der Waals surface area contributed by atoms with E-state index in [0.29, 0.717) is 13.0 Å². The van der Waals surface area contributed by atoms with Crippen LogP contribution in [0, 0.1) is 0 Å². The first-order valence-electron chi connectivity index (χ1n) is 3.75. The predicted octanol–water partition coefficient (Wildman–Crippen LogP) is -1.24. The number of sulfonamides is 1. The molecule has 1 rings (SSSR count). The minimum absolute atomic E-state index is 0. The lowest BCUT2D eigenvalue weighted by Gasteiger charge is -2.19. The fourth-order valence-corrected chi connectivity index (χ4v) is 2.17. The van der Waals surface area contributed by atoms with Crippen LogP contribution >= 0.6 is 12.4 Å². The summed E-state index contributed by atoms with van der Waals surface area (Å²) in [5.41, 5.74) is 4.29. The third-order valence-corrected chi connectivity index (χ3v) is 3.40. The zero-order valence-corrected chi connectivity index (χ0v) is 9.07. The zero-order valence-electron chi connectivity index (χ0n) is 7.43. The van der Waals surface area contributed by atoms with Gasteiger partial charge in [-0.3, -0.25) is 0 Å². The molecule has 1 atom stereocenters. The molecule has 0 radical (unpaired) electrons. The number of nitrogens with two attached hydrogens (primary N) is 1. The molecule has 7 heteroatoms. The highest BCUT2D eigenvalue weighted by Gasteiger charge is 2.38. The number of aliphatic hydroxyl groups is 1. The summed E-state index contributed by atoms with van der Waals surface area (Å²) in [6.07, 6.45) is 1.56. The maximum absolute atomic E-state index is 11.0. The van der Waals surface area contributed by atoms with E-state index in [0.717, 1.165) is 6.26 Å². The Morgan fingerprint density at radius 2 is 2.15 bits per heavy atom. The molecule has 0 aromatic heterocycles. The zero-order chi connectivity index (χ0) is 9.41. The Morgan fingerprint density at radius 1 is 1.62 bits per heavy atom. The number of β-amino-alcohol motifs (C(OH)–C–C–N with tert-alkyl or cyclic N) is 1. The second-order valence-corrected chi connectivity index (χ2v) is 5.26. The Hall–Kier alpha value is 0.120. The quantitative estimate of drug-likeness (QED) is 0.622. The Bertz CT molecular complexity index is 269. The van der Waals surface area contributed by atoms with Gasteiger partial charge in [0.15, 0.2) is 0 Å². The normalized spacial score (nSPS) is 30.1. The number of halogens is 1. The van der Waals surface area contributed by atoms with Gasteiger partial charge in [0.05, 0.1) is 11.9 Å². The van der Waals surface area contributed by atoms with Gasteiger partial charge in [-0.2, -0.15) is 4.31 Å². The molecule has 0 spiro atoms. The maximum Gasteiger partial charge on any atom is 0.211 e. The van der Waals surface area contributed by atoms with Gasteiger partial charge in [-0.15, -0.1) is 12.4 Å². The van der Waals surface area contributed by atoms with E-state index >= 15 is 0 Å². The monoisotopic (exact) mass is 230 g/mol. The summed E-state index contributed by atoms with van der Waals surface area (Å²) in [4.78, 5) is 0. The minimum atomic E-state index is -3.17. The molecule has 13 heavy (non-hydrogen) atoms. The summed E-state index contributed by atoms with van der Waals surface area (Å²) in [6, 6.07) is 0. The van der Waals surface area contributed by atoms with Gasteiger partial charge in [0, 0.05) is 19.6 Å². The van der Waals surface area contributed by atoms with E-state index in [1.165, 1.54) is 4.31 Å². The number of nitrogens with zero attached hydrogens (tertiary/aromatic N) is 1. The van der Waals surface area contributed by atoms with Crippen molar-refractivity contribution < 1.29 is 13.5 Å². The van der Waals surface area contributed by atoms with Crippen molar-refractivity contribution in [2.75, 3.05) is 25.9 Å². The Morgan fingerprint density at radius 3 is 2.38 bits per heavy atom. The largest absolute Gasteiger partial charge is 0.387 e. The van der Waals surface area contributed by atoms with E-state index < -0.39 is 15.6 Å². The van der Waals surface area contributed by atoms with Gasteiger partial charge in [-0.05, 0) is 6.42 Å². The number of hydrogen-bond donors (Lipinski definition) is 2. The Labute approximate surface area is 84.4 Å². The van der Waals surface area contributed by atoms with Crippen LogP contribution < -0.4 is 5.73 Å². The predicted molar refractivity (Wildman–Crippen MR) is 52.3 cm³/mol. The van der Waals surface area contributed by atoms with Crippen LogP contribution in [0.15, 0.2) is 0 Å². The lowest BCUT2D eigenvalue weighted by atomic mass is 10.1. The molecule has 1 fully saturated rings. The highest BCUT2D eigenvalue weighted by atomic mass is 35.5. The van der Waals surface area contributed by atoms with Gasteiger partial charge in [0.25, 0.3) is 0 Å². The van der Waals surface area contributed by atoms with E-state index in [1.54, 1.807) is 0 Å². The van der Waals surface area contributed by atoms with Gasteiger partial charge in [-0.25, -0.2) is 8.42 Å². The van der Waals surface area contributed by atoms with Crippen LogP contribution in [-0.4, -0.2) is 49.3 Å². The fraction of sp³-hybridized carbons (Fsp3) is 1.00. The summed E-state index contributed by atoms with van der Waals surface area (Å²) >= 11 is 0. The van der Waals surface area contributed by atoms with Crippen LogP contribution in [0.1, 0.15) is 6.42 Å². The third-order valence-electron chi connectivity index (χ3n) is 2.15. The summed E-state index contributed by atoms with van der Waals surface area (Å²) in [6.45, 7) is 0.605. The molecule has 5 nitrogen and oxygen atoms in total. The fourth-order valence-electron chi connectivity index (χ4n) is 1.27. The maximum atomic E-state index is 11.0. The van der Waals surface area contributed by atoms with Crippen LogP contribution in [0.25, 0.3) is 0 Å². The molecule has 0 aliphatic carbocycles. The van der Waals surface area contributed by atoms with Gasteiger partial charge in [-0.1, -0.05) is 0 Å². The topological polar surface area (TPSA) is 83.6 Å². The van der Waals surface area contributed by atoms with Crippen LogP contribution in [-0.2, 0) is 10.0 Å². The molecular formula is C6H15ClN2O3S. The van der Waals surface area contributed by atoms with Crippen LogP contribution in [0.2, 0.25) is 0 Å². The highest BCUT2D eigenvalue weighted by molar-refractivity contribution is 7.88. The molecule has 0 bridgehead atoms. The van der Waals surface area contributed by atoms with E-state index in [9.17, 15) is 13.5 Å². The van der Waals surface area contributed by atoms with Crippen molar-refractivity contribution in [2.24, 2.45) is 5.73 Å². The lowest BCUT2D eigenvalue weighted by Crippen LogP contribution is -2.41. The van der Waals surface area contributed by atoms with Crippen molar-refractivity contribution in [3.8, 4) is 0 Å². The Balaban J connectivity index is 0.00000144. The molecule has 1 aliphatic rings. The van der Waals surface area contributed by atoms with Crippen molar-refractivity contribution in [3.63, 3.8) is 0 Å². The van der Waals surface area contributed by atoms with E-state index in [-0.39, 0.29) is 25.5 Å². The first-order valence-corrected chi connectivity index (χ1v) is 5.60. The van der Waals surface area contributed by atoms with Crippen molar-refractivity contribution >= 4 is 22.4 Å². The number of rotatable bonds is 2. The SMILES string of the molecule is CS(=O)(=O)N1CCC(O)(CN)C1.Cl. The van der Waals surface area contributed by atoms with Crippen molar-refractivity contribution in [2.45, 2.75) is 12.0 Å². The van der Waals surface area contributed by atoms with Gasteiger partial charge in [0.2, 0.25) is 10.0 Å². The highest BCUT2D eigenvalue weighted by Crippen LogP contribution is 2.21. The molecule has 3 N–H and O–H groups in total. The standard InChI is InChI=1S/C6H14N2O3S.ClH/c1-12(10,11)8-3-2-6(9,4-7)5-8;/h9H,2-5,7H2,1H3;1H. The molecule has 0 aromatic carbocycles. The molecule has 1 unspecified atom stereocenters. The first kappa shape index (κ1) is 13.1. The average Bonchev–Trinajstić information content (AvgIpc) is 2.32. The summed E-state index contributed by atoms with van der Waals surface area (Å²) < 4.78 is 23.3. The van der Waals surface area contributed by atoms with Crippen LogP contribution in [0.3, 0.4) is 0 Å². The Kier molecular flexibility index (Phi) is 4.14. The molecule has 1 saturated heterocycles. The minimum Gasteiger partial charge on any atom is -0.387 e. The molecular weight excluding hydrogens is 216 g/mol. The van der Waals surface area contributed by atoms with E-state index in [2.05, 4.69) is 0 Å². The summed E-state index contributed by atoms with van der Waals surface area (Å²) in [5.74, 6) is 0. The molecule has 0 aromatic rings. The van der Waals surface area contributed by atoms with Gasteiger partial charge >= 0.3 is 0 Å². The molecule has 0 saturated carbocycles. The van der Waals surface area contributed by atoms with E-state index in [4.69, 9.17) is 5.73 Å². The molecule has 80 valence electrons. The van der Waals surface area contributed by atoms with Crippen molar-refractivity contribution in [1.29, 1.82) is 0 Å². The lowest BCUT2D eigenvalue weighted by molar-refractivity contribution is 0.0652. The van der Waals surface area contributed by atoms with Crippen LogP contribution in [0.5, 0.6) is 0 Å². The van der Waals surface area contributed by atoms with Crippen molar-refractivity contribution in [3.05, 3.63) is 0 Å². The van der Waals surface area contributed by atoms with Gasteiger partial charge in [0.1, 0.15) is 0 Å². The second-order valence-electron chi connectivity index (χ2n) is 3.28. The van der Waals surface area contributed by atoms with E-state index in [1.807, 2.05) is 0 Å².